The summed E-state index contributed by atoms with van der Waals surface area (Å²) in [5.74, 6) is 0.0665. The third-order valence-corrected chi connectivity index (χ3v) is 6.01. The lowest BCUT2D eigenvalue weighted by Crippen LogP contribution is -2.48. The van der Waals surface area contributed by atoms with Gasteiger partial charge in [0.25, 0.3) is 5.91 Å². The first kappa shape index (κ1) is 22.8. The second-order valence-electron chi connectivity index (χ2n) is 8.89. The predicted octanol–water partition coefficient (Wildman–Crippen LogP) is 4.01. The Morgan fingerprint density at radius 2 is 1.58 bits per heavy atom. The quantitative estimate of drug-likeness (QED) is 0.604. The molecule has 4 rings (SSSR count). The van der Waals surface area contributed by atoms with Crippen LogP contribution in [-0.2, 0) is 13.1 Å². The molecule has 0 bridgehead atoms. The van der Waals surface area contributed by atoms with Gasteiger partial charge >= 0.3 is 6.03 Å². The summed E-state index contributed by atoms with van der Waals surface area (Å²) in [5.41, 5.74) is 2.98. The summed E-state index contributed by atoms with van der Waals surface area (Å²) in [4.78, 5) is 29.0. The van der Waals surface area contributed by atoms with E-state index in [0.717, 1.165) is 38.3 Å². The summed E-state index contributed by atoms with van der Waals surface area (Å²) in [5, 5.41) is 8.19. The molecule has 0 unspecified atom stereocenters. The van der Waals surface area contributed by atoms with Crippen LogP contribution in [0.5, 0.6) is 0 Å². The van der Waals surface area contributed by atoms with Crippen LogP contribution < -0.4 is 10.6 Å². The van der Waals surface area contributed by atoms with Crippen molar-refractivity contribution in [2.45, 2.75) is 33.0 Å². The highest BCUT2D eigenvalue weighted by atomic mass is 16.2. The van der Waals surface area contributed by atoms with Gasteiger partial charge in [-0.1, -0.05) is 54.6 Å². The topological polar surface area (TPSA) is 64.7 Å². The Balaban J connectivity index is 1.29. The molecule has 0 spiro atoms. The van der Waals surface area contributed by atoms with Gasteiger partial charge in [-0.25, -0.2) is 4.79 Å². The van der Waals surface area contributed by atoms with Crippen molar-refractivity contribution in [1.29, 1.82) is 0 Å². The molecule has 1 fully saturated rings. The number of hydrogen-bond donors (Lipinski definition) is 2. The molecule has 6 nitrogen and oxygen atoms in total. The molecule has 0 atom stereocenters. The van der Waals surface area contributed by atoms with E-state index in [1.807, 2.05) is 43.0 Å². The number of carbonyl (C=O) groups is 2. The number of urea groups is 1. The van der Waals surface area contributed by atoms with Gasteiger partial charge in [0, 0.05) is 50.9 Å². The van der Waals surface area contributed by atoms with Crippen LogP contribution in [0.3, 0.4) is 0 Å². The fourth-order valence-electron chi connectivity index (χ4n) is 4.22. The average Bonchev–Trinajstić information content (AvgIpc) is 2.83. The van der Waals surface area contributed by atoms with Gasteiger partial charge in [-0.3, -0.25) is 9.69 Å². The van der Waals surface area contributed by atoms with Crippen LogP contribution in [0.4, 0.5) is 4.79 Å². The summed E-state index contributed by atoms with van der Waals surface area (Å²) in [6, 6.07) is 22.4. The van der Waals surface area contributed by atoms with Crippen molar-refractivity contribution in [1.82, 2.24) is 20.4 Å². The molecule has 0 aromatic heterocycles. The summed E-state index contributed by atoms with van der Waals surface area (Å²) in [7, 11) is 0. The molecule has 2 N–H and O–H groups in total. The van der Waals surface area contributed by atoms with Gasteiger partial charge in [-0.05, 0) is 47.9 Å². The highest BCUT2D eigenvalue weighted by Gasteiger charge is 2.22. The van der Waals surface area contributed by atoms with Gasteiger partial charge < -0.3 is 15.5 Å². The van der Waals surface area contributed by atoms with Crippen molar-refractivity contribution in [2.24, 2.45) is 0 Å². The second-order valence-corrected chi connectivity index (χ2v) is 8.89. The average molecular weight is 445 g/mol. The molecule has 0 aliphatic carbocycles. The number of rotatable bonds is 6. The molecule has 1 aliphatic rings. The van der Waals surface area contributed by atoms with Crippen LogP contribution in [0.25, 0.3) is 10.8 Å². The molecule has 172 valence electrons. The third-order valence-electron chi connectivity index (χ3n) is 6.01. The molecule has 6 heteroatoms. The van der Waals surface area contributed by atoms with E-state index in [0.29, 0.717) is 12.1 Å². The van der Waals surface area contributed by atoms with Gasteiger partial charge in [-0.15, -0.1) is 0 Å². The molecule has 3 amide bonds. The fourth-order valence-corrected chi connectivity index (χ4v) is 4.22. The van der Waals surface area contributed by atoms with E-state index in [4.69, 9.17) is 0 Å². The van der Waals surface area contributed by atoms with Gasteiger partial charge in [0.1, 0.15) is 0 Å². The normalized spacial score (nSPS) is 14.5. The van der Waals surface area contributed by atoms with Crippen LogP contribution in [0.1, 0.15) is 35.3 Å². The maximum absolute atomic E-state index is 13.0. The summed E-state index contributed by atoms with van der Waals surface area (Å²) >= 11 is 0. The minimum atomic E-state index is -0.188. The highest BCUT2D eigenvalue weighted by Crippen LogP contribution is 2.21. The van der Waals surface area contributed by atoms with E-state index in [-0.39, 0.29) is 18.0 Å². The first-order valence-electron chi connectivity index (χ1n) is 11.6. The minimum absolute atomic E-state index is 0.0665. The number of hydrogen-bond acceptors (Lipinski definition) is 3. The molecule has 0 radical (unpaired) electrons. The van der Waals surface area contributed by atoms with E-state index in [2.05, 4.69) is 58.0 Å². The van der Waals surface area contributed by atoms with Crippen LogP contribution >= 0.6 is 0 Å². The summed E-state index contributed by atoms with van der Waals surface area (Å²) in [6.45, 7) is 8.34. The number of benzene rings is 3. The van der Waals surface area contributed by atoms with Crippen molar-refractivity contribution < 1.29 is 9.59 Å². The Hall–Kier alpha value is -3.38. The summed E-state index contributed by atoms with van der Waals surface area (Å²) in [6.07, 6.45) is 0. The zero-order chi connectivity index (χ0) is 23.2. The van der Waals surface area contributed by atoms with Gasteiger partial charge in [0.05, 0.1) is 0 Å². The Labute approximate surface area is 195 Å². The van der Waals surface area contributed by atoms with E-state index in [9.17, 15) is 9.59 Å². The zero-order valence-electron chi connectivity index (χ0n) is 19.4. The minimum Gasteiger partial charge on any atom is -0.336 e. The number of amides is 3. The van der Waals surface area contributed by atoms with Crippen molar-refractivity contribution in [2.75, 3.05) is 26.2 Å². The number of nitrogens with one attached hydrogen (secondary N) is 2. The van der Waals surface area contributed by atoms with Crippen molar-refractivity contribution in [3.8, 4) is 0 Å². The first-order chi connectivity index (χ1) is 16.0. The third kappa shape index (κ3) is 5.90. The lowest BCUT2D eigenvalue weighted by atomic mass is 10.0. The smallest absolute Gasteiger partial charge is 0.315 e. The van der Waals surface area contributed by atoms with E-state index in [1.165, 1.54) is 16.3 Å². The van der Waals surface area contributed by atoms with Crippen LogP contribution in [0, 0.1) is 0 Å². The molecule has 1 saturated heterocycles. The number of piperazine rings is 1. The predicted molar refractivity (Wildman–Crippen MR) is 132 cm³/mol. The monoisotopic (exact) mass is 444 g/mol. The van der Waals surface area contributed by atoms with Gasteiger partial charge in [-0.2, -0.15) is 0 Å². The standard InChI is InChI=1S/C27H32N4O2/c1-20(2)29-27(33)28-18-21-10-12-23(13-11-21)26(32)31-16-14-30(15-17-31)19-24-8-5-7-22-6-3-4-9-25(22)24/h3-13,20H,14-19H2,1-2H3,(H2,28,29,33). The molecule has 1 aliphatic heterocycles. The van der Waals surface area contributed by atoms with E-state index < -0.39 is 0 Å². The van der Waals surface area contributed by atoms with E-state index >= 15 is 0 Å². The molecule has 0 saturated carbocycles. The molecular formula is C27H32N4O2. The molecular weight excluding hydrogens is 412 g/mol. The van der Waals surface area contributed by atoms with Gasteiger partial charge in [0.15, 0.2) is 0 Å². The van der Waals surface area contributed by atoms with E-state index in [1.54, 1.807) is 0 Å². The van der Waals surface area contributed by atoms with Crippen LogP contribution in [-0.4, -0.2) is 54.0 Å². The highest BCUT2D eigenvalue weighted by molar-refractivity contribution is 5.94. The van der Waals surface area contributed by atoms with Crippen molar-refractivity contribution in [3.63, 3.8) is 0 Å². The maximum Gasteiger partial charge on any atom is 0.315 e. The molecule has 33 heavy (non-hydrogen) atoms. The Kier molecular flexibility index (Phi) is 7.25. The van der Waals surface area contributed by atoms with Gasteiger partial charge in [0.2, 0.25) is 0 Å². The fraction of sp³-hybridized carbons (Fsp3) is 0.333. The largest absolute Gasteiger partial charge is 0.336 e. The number of nitrogens with zero attached hydrogens (tertiary/aromatic N) is 2. The molecule has 1 heterocycles. The zero-order valence-corrected chi connectivity index (χ0v) is 19.4. The molecule has 3 aromatic rings. The number of carbonyl (C=O) groups excluding carboxylic acids is 2. The van der Waals surface area contributed by atoms with Crippen LogP contribution in [0.2, 0.25) is 0 Å². The Bertz CT molecular complexity index is 1100. The Morgan fingerprint density at radius 1 is 0.879 bits per heavy atom. The second kappa shape index (κ2) is 10.5. The number of fused-ring (bicyclic) bond motifs is 1. The van der Waals surface area contributed by atoms with Crippen molar-refractivity contribution in [3.05, 3.63) is 83.4 Å². The van der Waals surface area contributed by atoms with Crippen molar-refractivity contribution >= 4 is 22.7 Å². The van der Waals surface area contributed by atoms with Crippen LogP contribution in [0.15, 0.2) is 66.7 Å². The SMILES string of the molecule is CC(C)NC(=O)NCc1ccc(C(=O)N2CCN(Cc3cccc4ccccc34)CC2)cc1. The molecule has 3 aromatic carbocycles. The lowest BCUT2D eigenvalue weighted by molar-refractivity contribution is 0.0629. The maximum atomic E-state index is 13.0. The summed E-state index contributed by atoms with van der Waals surface area (Å²) < 4.78 is 0. The Morgan fingerprint density at radius 3 is 2.30 bits per heavy atom. The first-order valence-corrected chi connectivity index (χ1v) is 11.6. The lowest BCUT2D eigenvalue weighted by Gasteiger charge is -2.35.